The van der Waals surface area contributed by atoms with Crippen LogP contribution in [0.15, 0.2) is 78.9 Å². The fourth-order valence-corrected chi connectivity index (χ4v) is 2.98. The summed E-state index contributed by atoms with van der Waals surface area (Å²) in [6, 6.07) is 23.4. The molecule has 160 valence electrons. The summed E-state index contributed by atoms with van der Waals surface area (Å²) in [5.74, 6) is 1.01. The standard InChI is InChI=1S/C26H28N2O3/c1-19(2)17-18-31-24-15-11-20(12-16-24)25(29)27-22-13-9-21(10-14-22)26(30)28(3)23-7-5-4-6-8-23/h4-16,19H,17-18H2,1-3H3,(H,27,29). The number of benzene rings is 3. The predicted octanol–water partition coefficient (Wildman–Crippen LogP) is 5.64. The van der Waals surface area contributed by atoms with Crippen molar-refractivity contribution in [2.45, 2.75) is 20.3 Å². The lowest BCUT2D eigenvalue weighted by Gasteiger charge is -2.17. The average Bonchev–Trinajstić information content (AvgIpc) is 2.79. The molecule has 0 saturated carbocycles. The largest absolute Gasteiger partial charge is 0.494 e. The number of ether oxygens (including phenoxy) is 1. The van der Waals surface area contributed by atoms with E-state index in [2.05, 4.69) is 19.2 Å². The summed E-state index contributed by atoms with van der Waals surface area (Å²) in [4.78, 5) is 26.8. The van der Waals surface area contributed by atoms with E-state index < -0.39 is 0 Å². The van der Waals surface area contributed by atoms with Crippen molar-refractivity contribution < 1.29 is 14.3 Å². The number of nitrogens with one attached hydrogen (secondary N) is 1. The maximum Gasteiger partial charge on any atom is 0.258 e. The summed E-state index contributed by atoms with van der Waals surface area (Å²) < 4.78 is 5.69. The van der Waals surface area contributed by atoms with Gasteiger partial charge in [0, 0.05) is 29.5 Å². The van der Waals surface area contributed by atoms with Gasteiger partial charge in [0.15, 0.2) is 0 Å². The van der Waals surface area contributed by atoms with Crippen LogP contribution in [0.5, 0.6) is 5.75 Å². The van der Waals surface area contributed by atoms with Crippen LogP contribution >= 0.6 is 0 Å². The smallest absolute Gasteiger partial charge is 0.258 e. The molecule has 0 saturated heterocycles. The van der Waals surface area contributed by atoms with Crippen molar-refractivity contribution in [1.29, 1.82) is 0 Å². The first kappa shape index (κ1) is 22.1. The van der Waals surface area contributed by atoms with Crippen molar-refractivity contribution in [3.05, 3.63) is 90.0 Å². The highest BCUT2D eigenvalue weighted by atomic mass is 16.5. The SMILES string of the molecule is CC(C)CCOc1ccc(C(=O)Nc2ccc(C(=O)N(C)c3ccccc3)cc2)cc1. The third kappa shape index (κ3) is 6.19. The zero-order chi connectivity index (χ0) is 22.2. The second-order valence-electron chi connectivity index (χ2n) is 7.79. The molecule has 0 aliphatic rings. The summed E-state index contributed by atoms with van der Waals surface area (Å²) in [6.07, 6.45) is 0.988. The van der Waals surface area contributed by atoms with E-state index in [9.17, 15) is 9.59 Å². The third-order valence-electron chi connectivity index (χ3n) is 4.92. The molecule has 3 rings (SSSR count). The topological polar surface area (TPSA) is 58.6 Å². The van der Waals surface area contributed by atoms with Gasteiger partial charge >= 0.3 is 0 Å². The summed E-state index contributed by atoms with van der Waals surface area (Å²) in [5, 5.41) is 2.86. The minimum Gasteiger partial charge on any atom is -0.494 e. The number of nitrogens with zero attached hydrogens (tertiary/aromatic N) is 1. The molecule has 0 spiro atoms. The van der Waals surface area contributed by atoms with Crippen molar-refractivity contribution in [3.63, 3.8) is 0 Å². The molecule has 0 atom stereocenters. The first-order valence-corrected chi connectivity index (χ1v) is 10.4. The van der Waals surface area contributed by atoms with Crippen LogP contribution in [-0.4, -0.2) is 25.5 Å². The number of para-hydroxylation sites is 1. The van der Waals surface area contributed by atoms with E-state index in [4.69, 9.17) is 4.74 Å². The van der Waals surface area contributed by atoms with E-state index in [1.54, 1.807) is 60.5 Å². The minimum atomic E-state index is -0.214. The number of carbonyl (C=O) groups is 2. The molecule has 0 bridgehead atoms. The maximum absolute atomic E-state index is 12.7. The molecule has 0 aromatic heterocycles. The molecule has 0 aliphatic carbocycles. The van der Waals surface area contributed by atoms with E-state index in [-0.39, 0.29) is 11.8 Å². The van der Waals surface area contributed by atoms with Crippen LogP contribution < -0.4 is 15.0 Å². The summed E-state index contributed by atoms with van der Waals surface area (Å²) in [6.45, 7) is 4.97. The van der Waals surface area contributed by atoms with Gasteiger partial charge in [0.25, 0.3) is 11.8 Å². The van der Waals surface area contributed by atoms with Gasteiger partial charge in [0.1, 0.15) is 5.75 Å². The first-order chi connectivity index (χ1) is 14.9. The van der Waals surface area contributed by atoms with Gasteiger partial charge in [-0.15, -0.1) is 0 Å². The number of amides is 2. The number of hydrogen-bond donors (Lipinski definition) is 1. The second kappa shape index (κ2) is 10.4. The molecule has 31 heavy (non-hydrogen) atoms. The molecular weight excluding hydrogens is 388 g/mol. The van der Waals surface area contributed by atoms with Crippen LogP contribution in [0, 0.1) is 5.92 Å². The Kier molecular flexibility index (Phi) is 7.44. The van der Waals surface area contributed by atoms with E-state index in [1.807, 2.05) is 30.3 Å². The summed E-state index contributed by atoms with van der Waals surface area (Å²) in [5.41, 5.74) is 2.54. The molecule has 5 heteroatoms. The number of rotatable bonds is 8. The van der Waals surface area contributed by atoms with Crippen LogP contribution in [0.3, 0.4) is 0 Å². The molecule has 0 radical (unpaired) electrons. The molecule has 0 aliphatic heterocycles. The molecule has 0 fully saturated rings. The van der Waals surface area contributed by atoms with Crippen molar-refractivity contribution >= 4 is 23.2 Å². The van der Waals surface area contributed by atoms with E-state index in [0.29, 0.717) is 29.3 Å². The number of anilines is 2. The molecule has 0 heterocycles. The van der Waals surface area contributed by atoms with Crippen LogP contribution in [0.25, 0.3) is 0 Å². The van der Waals surface area contributed by atoms with Crippen LogP contribution in [-0.2, 0) is 0 Å². The Morgan fingerprint density at radius 2 is 1.48 bits per heavy atom. The Morgan fingerprint density at radius 1 is 0.871 bits per heavy atom. The summed E-state index contributed by atoms with van der Waals surface area (Å²) >= 11 is 0. The summed E-state index contributed by atoms with van der Waals surface area (Å²) in [7, 11) is 1.74. The van der Waals surface area contributed by atoms with Crippen LogP contribution in [0.2, 0.25) is 0 Å². The Hall–Kier alpha value is -3.60. The zero-order valence-corrected chi connectivity index (χ0v) is 18.2. The fourth-order valence-electron chi connectivity index (χ4n) is 2.98. The predicted molar refractivity (Wildman–Crippen MR) is 125 cm³/mol. The molecule has 3 aromatic carbocycles. The Labute approximate surface area is 183 Å². The van der Waals surface area contributed by atoms with Gasteiger partial charge in [-0.05, 0) is 73.0 Å². The highest BCUT2D eigenvalue weighted by Crippen LogP contribution is 2.18. The first-order valence-electron chi connectivity index (χ1n) is 10.4. The van der Waals surface area contributed by atoms with Gasteiger partial charge in [-0.3, -0.25) is 9.59 Å². The van der Waals surface area contributed by atoms with Gasteiger partial charge in [-0.25, -0.2) is 0 Å². The Morgan fingerprint density at radius 3 is 2.10 bits per heavy atom. The molecule has 1 N–H and O–H groups in total. The Balaban J connectivity index is 1.58. The lowest BCUT2D eigenvalue weighted by Crippen LogP contribution is -2.26. The van der Waals surface area contributed by atoms with Gasteiger partial charge in [-0.2, -0.15) is 0 Å². The Bertz CT molecular complexity index is 997. The normalized spacial score (nSPS) is 10.6. The number of carbonyl (C=O) groups excluding carboxylic acids is 2. The monoisotopic (exact) mass is 416 g/mol. The van der Waals surface area contributed by atoms with Crippen molar-refractivity contribution in [2.24, 2.45) is 5.92 Å². The minimum absolute atomic E-state index is 0.114. The van der Waals surface area contributed by atoms with Crippen LogP contribution in [0.4, 0.5) is 11.4 Å². The highest BCUT2D eigenvalue weighted by molar-refractivity contribution is 6.07. The molecule has 5 nitrogen and oxygen atoms in total. The van der Waals surface area contributed by atoms with Gasteiger partial charge in [0.05, 0.1) is 6.61 Å². The fraction of sp³-hybridized carbons (Fsp3) is 0.231. The van der Waals surface area contributed by atoms with Crippen molar-refractivity contribution in [1.82, 2.24) is 0 Å². The van der Waals surface area contributed by atoms with Crippen molar-refractivity contribution in [3.8, 4) is 5.75 Å². The van der Waals surface area contributed by atoms with E-state index in [1.165, 1.54) is 0 Å². The maximum atomic E-state index is 12.7. The van der Waals surface area contributed by atoms with Crippen molar-refractivity contribution in [2.75, 3.05) is 23.9 Å². The molecule has 2 amide bonds. The van der Waals surface area contributed by atoms with Gasteiger partial charge in [-0.1, -0.05) is 32.0 Å². The zero-order valence-electron chi connectivity index (χ0n) is 18.2. The second-order valence-corrected chi connectivity index (χ2v) is 7.79. The van der Waals surface area contributed by atoms with Gasteiger partial charge < -0.3 is 15.0 Å². The number of hydrogen-bond acceptors (Lipinski definition) is 3. The average molecular weight is 417 g/mol. The molecule has 0 unspecified atom stereocenters. The lowest BCUT2D eigenvalue weighted by atomic mass is 10.1. The molecule has 3 aromatic rings. The highest BCUT2D eigenvalue weighted by Gasteiger charge is 2.13. The third-order valence-corrected chi connectivity index (χ3v) is 4.92. The molecular formula is C26H28N2O3. The quantitative estimate of drug-likeness (QED) is 0.517. The van der Waals surface area contributed by atoms with Crippen LogP contribution in [0.1, 0.15) is 41.0 Å². The lowest BCUT2D eigenvalue weighted by molar-refractivity contribution is 0.0991. The van der Waals surface area contributed by atoms with Gasteiger partial charge in [0.2, 0.25) is 0 Å². The van der Waals surface area contributed by atoms with E-state index in [0.717, 1.165) is 17.9 Å². The van der Waals surface area contributed by atoms with E-state index >= 15 is 0 Å².